The fourth-order valence-electron chi connectivity index (χ4n) is 0.727. The molecule has 1 aliphatic heterocycles. The van der Waals surface area contributed by atoms with Crippen molar-refractivity contribution in [3.63, 3.8) is 0 Å². The summed E-state index contributed by atoms with van der Waals surface area (Å²) in [6.45, 7) is 1.62. The lowest BCUT2D eigenvalue weighted by Gasteiger charge is -2.08. The summed E-state index contributed by atoms with van der Waals surface area (Å²) >= 11 is 0. The van der Waals surface area contributed by atoms with Crippen molar-refractivity contribution in [3.05, 3.63) is 0 Å². The van der Waals surface area contributed by atoms with Crippen LogP contribution in [0.4, 0.5) is 0 Å². The zero-order valence-corrected chi connectivity index (χ0v) is 8.13. The van der Waals surface area contributed by atoms with Gasteiger partial charge in [0.2, 0.25) is 0 Å². The maximum absolute atomic E-state index is 10.4. The van der Waals surface area contributed by atoms with Crippen LogP contribution in [0.1, 0.15) is 12.8 Å². The highest BCUT2D eigenvalue weighted by Crippen LogP contribution is 1.92. The van der Waals surface area contributed by atoms with E-state index in [9.17, 15) is 13.2 Å². The third kappa shape index (κ3) is 9.41. The van der Waals surface area contributed by atoms with Crippen molar-refractivity contribution >= 4 is 16.2 Å². The Morgan fingerprint density at radius 2 is 2.08 bits per heavy atom. The standard InChI is InChI=1S/C5H9NO.CH4O4S/c7-5-2-1-3-6-4-5;1-5-6(2,3)4/h6H,1-4H2;1H3,(H,2,3,4). The lowest BCUT2D eigenvalue weighted by atomic mass is 10.1. The minimum atomic E-state index is -4.16. The van der Waals surface area contributed by atoms with E-state index in [1.807, 2.05) is 0 Å². The van der Waals surface area contributed by atoms with Gasteiger partial charge in [0.15, 0.2) is 0 Å². The van der Waals surface area contributed by atoms with Crippen molar-refractivity contribution in [2.45, 2.75) is 12.8 Å². The summed E-state index contributed by atoms with van der Waals surface area (Å²) in [6, 6.07) is 0. The molecule has 0 atom stereocenters. The summed E-state index contributed by atoms with van der Waals surface area (Å²) in [5.74, 6) is 0.353. The summed E-state index contributed by atoms with van der Waals surface area (Å²) in [5, 5.41) is 2.98. The number of carbonyl (C=O) groups excluding carboxylic acids is 1. The van der Waals surface area contributed by atoms with Crippen molar-refractivity contribution in [2.75, 3.05) is 20.2 Å². The zero-order valence-electron chi connectivity index (χ0n) is 7.32. The molecule has 6 nitrogen and oxygen atoms in total. The van der Waals surface area contributed by atoms with E-state index in [4.69, 9.17) is 4.55 Å². The van der Waals surface area contributed by atoms with Gasteiger partial charge in [0.05, 0.1) is 13.7 Å². The van der Waals surface area contributed by atoms with Crippen molar-refractivity contribution < 1.29 is 21.9 Å². The van der Waals surface area contributed by atoms with Gasteiger partial charge >= 0.3 is 10.4 Å². The molecule has 1 aliphatic rings. The molecule has 0 amide bonds. The van der Waals surface area contributed by atoms with Gasteiger partial charge in [-0.1, -0.05) is 0 Å². The van der Waals surface area contributed by atoms with Crippen molar-refractivity contribution in [1.29, 1.82) is 0 Å². The SMILES string of the molecule is COS(=O)(=O)O.O=C1CCCNC1. The first-order chi connectivity index (χ1) is 5.95. The third-order valence-electron chi connectivity index (χ3n) is 1.34. The van der Waals surface area contributed by atoms with Crippen LogP contribution in [0.15, 0.2) is 0 Å². The summed E-state index contributed by atoms with van der Waals surface area (Å²) in [4.78, 5) is 10.4. The van der Waals surface area contributed by atoms with Crippen LogP contribution in [0.3, 0.4) is 0 Å². The van der Waals surface area contributed by atoms with E-state index < -0.39 is 10.4 Å². The number of ketones is 1. The Morgan fingerprint density at radius 3 is 2.23 bits per heavy atom. The largest absolute Gasteiger partial charge is 0.397 e. The Morgan fingerprint density at radius 1 is 1.54 bits per heavy atom. The molecule has 0 unspecified atom stereocenters. The maximum Gasteiger partial charge on any atom is 0.397 e. The second kappa shape index (κ2) is 6.03. The third-order valence-corrected chi connectivity index (χ3v) is 1.76. The monoisotopic (exact) mass is 211 g/mol. The first kappa shape index (κ1) is 12.5. The number of hydrogen-bond acceptors (Lipinski definition) is 5. The van der Waals surface area contributed by atoms with E-state index in [2.05, 4.69) is 9.50 Å². The van der Waals surface area contributed by atoms with Crippen LogP contribution in [0.2, 0.25) is 0 Å². The first-order valence-corrected chi connectivity index (χ1v) is 5.07. The predicted molar refractivity (Wildman–Crippen MR) is 45.7 cm³/mol. The summed E-state index contributed by atoms with van der Waals surface area (Å²) < 4.78 is 29.7. The van der Waals surface area contributed by atoms with Crippen LogP contribution in [-0.4, -0.2) is 39.0 Å². The molecule has 0 saturated carbocycles. The molecular formula is C6H13NO5S. The zero-order chi connectivity index (χ0) is 10.3. The molecule has 0 aromatic heterocycles. The molecule has 0 aromatic rings. The average molecular weight is 211 g/mol. The molecule has 0 spiro atoms. The molecule has 1 heterocycles. The van der Waals surface area contributed by atoms with Gasteiger partial charge in [0.1, 0.15) is 5.78 Å². The molecule has 0 bridgehead atoms. The smallest absolute Gasteiger partial charge is 0.310 e. The molecule has 0 aliphatic carbocycles. The summed E-state index contributed by atoms with van der Waals surface area (Å²) in [5.41, 5.74) is 0. The quantitative estimate of drug-likeness (QED) is 0.561. The number of piperidine rings is 1. The van der Waals surface area contributed by atoms with Crippen LogP contribution in [0.5, 0.6) is 0 Å². The van der Waals surface area contributed by atoms with Crippen LogP contribution < -0.4 is 5.32 Å². The van der Waals surface area contributed by atoms with Crippen molar-refractivity contribution in [3.8, 4) is 0 Å². The molecular weight excluding hydrogens is 198 g/mol. The number of carbonyl (C=O) groups is 1. The molecule has 1 rings (SSSR count). The minimum Gasteiger partial charge on any atom is -0.310 e. The van der Waals surface area contributed by atoms with E-state index in [1.54, 1.807) is 0 Å². The van der Waals surface area contributed by atoms with E-state index in [-0.39, 0.29) is 0 Å². The minimum absolute atomic E-state index is 0.353. The Balaban J connectivity index is 0.000000226. The van der Waals surface area contributed by atoms with Gasteiger partial charge in [-0.3, -0.25) is 13.5 Å². The fourth-order valence-corrected chi connectivity index (χ4v) is 0.727. The number of nitrogens with one attached hydrogen (secondary N) is 1. The molecule has 1 saturated heterocycles. The van der Waals surface area contributed by atoms with Gasteiger partial charge in [-0.05, 0) is 13.0 Å². The Kier molecular flexibility index (Phi) is 5.80. The maximum atomic E-state index is 10.4. The first-order valence-electron chi connectivity index (χ1n) is 3.71. The van der Waals surface area contributed by atoms with Crippen LogP contribution in [0.25, 0.3) is 0 Å². The normalized spacial score (nSPS) is 17.5. The van der Waals surface area contributed by atoms with Gasteiger partial charge in [0.25, 0.3) is 0 Å². The van der Waals surface area contributed by atoms with E-state index in [0.717, 1.165) is 26.5 Å². The molecule has 1 fully saturated rings. The number of hydrogen-bond donors (Lipinski definition) is 2. The van der Waals surface area contributed by atoms with Gasteiger partial charge in [-0.2, -0.15) is 8.42 Å². The highest BCUT2D eigenvalue weighted by atomic mass is 32.3. The average Bonchev–Trinajstić information content (AvgIpc) is 2.06. The summed E-state index contributed by atoms with van der Waals surface area (Å²) in [6.07, 6.45) is 1.81. The van der Waals surface area contributed by atoms with Gasteiger partial charge in [-0.25, -0.2) is 0 Å². The highest BCUT2D eigenvalue weighted by molar-refractivity contribution is 7.80. The lowest BCUT2D eigenvalue weighted by molar-refractivity contribution is -0.119. The van der Waals surface area contributed by atoms with Gasteiger partial charge in [-0.15, -0.1) is 0 Å². The lowest BCUT2D eigenvalue weighted by Crippen LogP contribution is -2.29. The van der Waals surface area contributed by atoms with E-state index >= 15 is 0 Å². The molecule has 0 radical (unpaired) electrons. The topological polar surface area (TPSA) is 92.7 Å². The van der Waals surface area contributed by atoms with Crippen LogP contribution >= 0.6 is 0 Å². The van der Waals surface area contributed by atoms with Crippen molar-refractivity contribution in [2.24, 2.45) is 0 Å². The fraction of sp³-hybridized carbons (Fsp3) is 0.833. The Labute approximate surface area is 77.2 Å². The van der Waals surface area contributed by atoms with Gasteiger partial charge in [0, 0.05) is 6.42 Å². The number of Topliss-reactive ketones (excluding diaryl/α,β-unsaturated/α-hetero) is 1. The van der Waals surface area contributed by atoms with Crippen LogP contribution in [0, 0.1) is 0 Å². The van der Waals surface area contributed by atoms with E-state index in [1.165, 1.54) is 0 Å². The number of rotatable bonds is 1. The molecule has 78 valence electrons. The van der Waals surface area contributed by atoms with Crippen molar-refractivity contribution in [1.82, 2.24) is 5.32 Å². The summed E-state index contributed by atoms with van der Waals surface area (Å²) in [7, 11) is -3.29. The Bertz CT molecular complexity index is 240. The predicted octanol–water partition coefficient (Wildman–Crippen LogP) is -0.625. The second-order valence-electron chi connectivity index (χ2n) is 2.41. The molecule has 7 heteroatoms. The van der Waals surface area contributed by atoms with Gasteiger partial charge < -0.3 is 5.32 Å². The second-order valence-corrected chi connectivity index (χ2v) is 3.60. The van der Waals surface area contributed by atoms with Crippen LogP contribution in [-0.2, 0) is 19.4 Å². The van der Waals surface area contributed by atoms with E-state index in [0.29, 0.717) is 12.3 Å². The molecule has 2 N–H and O–H groups in total. The molecule has 13 heavy (non-hydrogen) atoms. The Hall–Kier alpha value is -0.500. The molecule has 0 aromatic carbocycles. The highest BCUT2D eigenvalue weighted by Gasteiger charge is 2.04.